The number of nitrogens with one attached hydrogen (secondary N) is 1. The molecule has 0 spiro atoms. The van der Waals surface area contributed by atoms with Gasteiger partial charge in [0.05, 0.1) is 5.69 Å². The summed E-state index contributed by atoms with van der Waals surface area (Å²) in [6, 6.07) is 2.30. The first kappa shape index (κ1) is 12.8. The highest BCUT2D eigenvalue weighted by atomic mass is 15.1. The average molecular weight is 222 g/mol. The van der Waals surface area contributed by atoms with Crippen LogP contribution >= 0.6 is 0 Å². The van der Waals surface area contributed by atoms with Crippen molar-refractivity contribution in [1.82, 2.24) is 9.88 Å². The summed E-state index contributed by atoms with van der Waals surface area (Å²) in [4.78, 5) is 6.43. The molecule has 0 aliphatic heterocycles. The van der Waals surface area contributed by atoms with Gasteiger partial charge in [-0.05, 0) is 52.5 Å². The van der Waals surface area contributed by atoms with Crippen LogP contribution in [0.1, 0.15) is 18.9 Å². The summed E-state index contributed by atoms with van der Waals surface area (Å²) in [6.45, 7) is 5.19. The van der Waals surface area contributed by atoms with Crippen molar-refractivity contribution < 1.29 is 0 Å². The lowest BCUT2D eigenvalue weighted by Gasteiger charge is -2.18. The number of pyridine rings is 1. The molecular weight excluding hydrogens is 200 g/mol. The van der Waals surface area contributed by atoms with Gasteiger partial charge in [-0.25, -0.2) is 4.98 Å². The minimum Gasteiger partial charge on any atom is -0.396 e. The highest BCUT2D eigenvalue weighted by Gasteiger charge is 2.07. The van der Waals surface area contributed by atoms with E-state index in [0.717, 1.165) is 30.0 Å². The zero-order chi connectivity index (χ0) is 12.1. The van der Waals surface area contributed by atoms with Crippen molar-refractivity contribution in [2.75, 3.05) is 31.7 Å². The first-order valence-electron chi connectivity index (χ1n) is 5.63. The molecule has 0 radical (unpaired) electrons. The van der Waals surface area contributed by atoms with E-state index in [2.05, 4.69) is 36.2 Å². The van der Waals surface area contributed by atoms with Crippen LogP contribution in [0.3, 0.4) is 0 Å². The Hall–Kier alpha value is -1.29. The van der Waals surface area contributed by atoms with Crippen molar-refractivity contribution in [2.45, 2.75) is 26.3 Å². The van der Waals surface area contributed by atoms with E-state index < -0.39 is 0 Å². The lowest BCUT2D eigenvalue weighted by Crippen LogP contribution is -2.23. The third-order valence-electron chi connectivity index (χ3n) is 2.60. The molecule has 0 bridgehead atoms. The van der Waals surface area contributed by atoms with E-state index >= 15 is 0 Å². The van der Waals surface area contributed by atoms with E-state index in [0.29, 0.717) is 6.04 Å². The van der Waals surface area contributed by atoms with Crippen LogP contribution in [-0.2, 0) is 0 Å². The second kappa shape index (κ2) is 5.70. The Kier molecular flexibility index (Phi) is 4.55. The van der Waals surface area contributed by atoms with Gasteiger partial charge in [0.25, 0.3) is 0 Å². The van der Waals surface area contributed by atoms with Gasteiger partial charge in [0.2, 0.25) is 0 Å². The standard InChI is InChI=1S/C12H22N4/c1-9-5-7-14-12(11(9)13)15-10(2)6-8-16(3)4/h5,7,10H,6,8,13H2,1-4H3,(H,14,15). The molecule has 0 aromatic carbocycles. The van der Waals surface area contributed by atoms with Gasteiger partial charge in [0.15, 0.2) is 0 Å². The second-order valence-corrected chi connectivity index (χ2v) is 4.53. The number of anilines is 2. The fourth-order valence-electron chi connectivity index (χ4n) is 1.44. The number of aryl methyl sites for hydroxylation is 1. The number of hydrogen-bond acceptors (Lipinski definition) is 4. The third kappa shape index (κ3) is 3.70. The summed E-state index contributed by atoms with van der Waals surface area (Å²) in [5.74, 6) is 0.797. The Bertz CT molecular complexity index is 336. The fraction of sp³-hybridized carbons (Fsp3) is 0.583. The molecule has 0 aliphatic rings. The molecule has 1 aromatic rings. The van der Waals surface area contributed by atoms with E-state index in [9.17, 15) is 0 Å². The lowest BCUT2D eigenvalue weighted by molar-refractivity contribution is 0.390. The topological polar surface area (TPSA) is 54.2 Å². The van der Waals surface area contributed by atoms with Crippen LogP contribution in [0.2, 0.25) is 0 Å². The van der Waals surface area contributed by atoms with Crippen LogP contribution in [0.15, 0.2) is 12.3 Å². The van der Waals surface area contributed by atoms with Crippen molar-refractivity contribution >= 4 is 11.5 Å². The van der Waals surface area contributed by atoms with Crippen LogP contribution < -0.4 is 11.1 Å². The zero-order valence-corrected chi connectivity index (χ0v) is 10.6. The Morgan fingerprint density at radius 1 is 1.50 bits per heavy atom. The van der Waals surface area contributed by atoms with E-state index in [1.54, 1.807) is 6.20 Å². The zero-order valence-electron chi connectivity index (χ0n) is 10.6. The summed E-state index contributed by atoms with van der Waals surface area (Å²) >= 11 is 0. The van der Waals surface area contributed by atoms with Crippen LogP contribution in [0.4, 0.5) is 11.5 Å². The van der Waals surface area contributed by atoms with Gasteiger partial charge >= 0.3 is 0 Å². The predicted octanol–water partition coefficient (Wildman–Crippen LogP) is 1.72. The molecule has 0 saturated heterocycles. The van der Waals surface area contributed by atoms with E-state index in [4.69, 9.17) is 5.73 Å². The molecule has 0 saturated carbocycles. The number of nitrogens with zero attached hydrogens (tertiary/aromatic N) is 2. The second-order valence-electron chi connectivity index (χ2n) is 4.53. The molecule has 4 heteroatoms. The van der Waals surface area contributed by atoms with Crippen LogP contribution in [-0.4, -0.2) is 36.6 Å². The Morgan fingerprint density at radius 2 is 2.19 bits per heavy atom. The molecule has 1 atom stereocenters. The quantitative estimate of drug-likeness (QED) is 0.796. The van der Waals surface area contributed by atoms with E-state index in [1.807, 2.05) is 13.0 Å². The van der Waals surface area contributed by atoms with E-state index in [-0.39, 0.29) is 0 Å². The summed E-state index contributed by atoms with van der Waals surface area (Å²) < 4.78 is 0. The number of aromatic nitrogens is 1. The molecule has 1 aromatic heterocycles. The average Bonchev–Trinajstić information content (AvgIpc) is 2.22. The largest absolute Gasteiger partial charge is 0.396 e. The fourth-order valence-corrected chi connectivity index (χ4v) is 1.44. The number of nitrogens with two attached hydrogens (primary N) is 1. The SMILES string of the molecule is Cc1ccnc(NC(C)CCN(C)C)c1N. The summed E-state index contributed by atoms with van der Waals surface area (Å²) in [6.07, 6.45) is 2.86. The van der Waals surface area contributed by atoms with Gasteiger partial charge in [-0.1, -0.05) is 0 Å². The molecule has 0 amide bonds. The van der Waals surface area contributed by atoms with Gasteiger partial charge in [-0.3, -0.25) is 0 Å². The molecule has 0 aliphatic carbocycles. The Morgan fingerprint density at radius 3 is 2.81 bits per heavy atom. The van der Waals surface area contributed by atoms with Crippen molar-refractivity contribution in [1.29, 1.82) is 0 Å². The molecule has 1 heterocycles. The maximum atomic E-state index is 5.95. The van der Waals surface area contributed by atoms with Gasteiger partial charge in [-0.15, -0.1) is 0 Å². The number of hydrogen-bond donors (Lipinski definition) is 2. The normalized spacial score (nSPS) is 12.8. The monoisotopic (exact) mass is 222 g/mol. The molecule has 3 N–H and O–H groups in total. The van der Waals surface area contributed by atoms with Gasteiger partial charge in [0, 0.05) is 12.2 Å². The predicted molar refractivity (Wildman–Crippen MR) is 69.6 cm³/mol. The first-order valence-corrected chi connectivity index (χ1v) is 5.63. The van der Waals surface area contributed by atoms with Gasteiger partial charge < -0.3 is 16.0 Å². The molecule has 1 rings (SSSR count). The molecule has 1 unspecified atom stereocenters. The molecule has 0 fully saturated rings. The first-order chi connectivity index (χ1) is 7.50. The molecule has 16 heavy (non-hydrogen) atoms. The number of rotatable bonds is 5. The van der Waals surface area contributed by atoms with Crippen molar-refractivity contribution in [3.8, 4) is 0 Å². The molecule has 90 valence electrons. The third-order valence-corrected chi connectivity index (χ3v) is 2.60. The van der Waals surface area contributed by atoms with Crippen molar-refractivity contribution in [3.05, 3.63) is 17.8 Å². The van der Waals surface area contributed by atoms with E-state index in [1.165, 1.54) is 0 Å². The van der Waals surface area contributed by atoms with Crippen molar-refractivity contribution in [3.63, 3.8) is 0 Å². The Labute approximate surface area is 97.9 Å². The van der Waals surface area contributed by atoms with Crippen LogP contribution in [0, 0.1) is 6.92 Å². The molecular formula is C12H22N4. The highest BCUT2D eigenvalue weighted by molar-refractivity contribution is 5.65. The Balaban J connectivity index is 2.56. The minimum absolute atomic E-state index is 0.374. The maximum absolute atomic E-state index is 5.95. The number of nitrogen functional groups attached to an aromatic ring is 1. The maximum Gasteiger partial charge on any atom is 0.149 e. The smallest absolute Gasteiger partial charge is 0.149 e. The van der Waals surface area contributed by atoms with Gasteiger partial charge in [0.1, 0.15) is 5.82 Å². The van der Waals surface area contributed by atoms with Crippen LogP contribution in [0.25, 0.3) is 0 Å². The molecule has 4 nitrogen and oxygen atoms in total. The highest BCUT2D eigenvalue weighted by Crippen LogP contribution is 2.19. The van der Waals surface area contributed by atoms with Crippen molar-refractivity contribution in [2.24, 2.45) is 0 Å². The minimum atomic E-state index is 0.374. The summed E-state index contributed by atoms with van der Waals surface area (Å²) in [7, 11) is 4.15. The lowest BCUT2D eigenvalue weighted by atomic mass is 10.2. The van der Waals surface area contributed by atoms with Gasteiger partial charge in [-0.2, -0.15) is 0 Å². The summed E-state index contributed by atoms with van der Waals surface area (Å²) in [5.41, 5.74) is 7.77. The summed E-state index contributed by atoms with van der Waals surface area (Å²) in [5, 5.41) is 3.34. The van der Waals surface area contributed by atoms with Crippen LogP contribution in [0.5, 0.6) is 0 Å².